The van der Waals surface area contributed by atoms with E-state index >= 15 is 0 Å². The number of aliphatic imine (C=N–C) groups is 1. The van der Waals surface area contributed by atoms with Crippen molar-refractivity contribution in [2.75, 3.05) is 11.9 Å². The summed E-state index contributed by atoms with van der Waals surface area (Å²) in [6, 6.07) is 7.66. The van der Waals surface area contributed by atoms with Crippen LogP contribution in [0.3, 0.4) is 0 Å². The van der Waals surface area contributed by atoms with E-state index < -0.39 is 11.4 Å². The summed E-state index contributed by atoms with van der Waals surface area (Å²) in [5, 5.41) is 3.18. The van der Waals surface area contributed by atoms with Crippen molar-refractivity contribution in [1.82, 2.24) is 4.98 Å². The van der Waals surface area contributed by atoms with Gasteiger partial charge in [0.05, 0.1) is 5.02 Å². The number of halogens is 2. The van der Waals surface area contributed by atoms with Crippen molar-refractivity contribution in [1.29, 1.82) is 0 Å². The molecule has 5 rings (SSSR count). The second-order valence-electron chi connectivity index (χ2n) is 6.93. The zero-order chi connectivity index (χ0) is 18.1. The number of amides is 1. The van der Waals surface area contributed by atoms with Crippen LogP contribution in [-0.4, -0.2) is 23.5 Å². The summed E-state index contributed by atoms with van der Waals surface area (Å²) in [4.78, 5) is 20.7. The highest BCUT2D eigenvalue weighted by molar-refractivity contribution is 6.30. The van der Waals surface area contributed by atoms with Crippen molar-refractivity contribution in [3.63, 3.8) is 0 Å². The summed E-state index contributed by atoms with van der Waals surface area (Å²) >= 11 is 5.78. The number of carbonyl (C=O) groups is 1. The van der Waals surface area contributed by atoms with Gasteiger partial charge in [-0.1, -0.05) is 11.6 Å². The normalized spacial score (nSPS) is 30.4. The van der Waals surface area contributed by atoms with Crippen LogP contribution in [0.4, 0.5) is 10.1 Å². The van der Waals surface area contributed by atoms with Gasteiger partial charge >= 0.3 is 0 Å². The van der Waals surface area contributed by atoms with E-state index in [0.29, 0.717) is 22.9 Å². The Morgan fingerprint density at radius 1 is 1.38 bits per heavy atom. The zero-order valence-corrected chi connectivity index (χ0v) is 14.3. The number of hydrogen-bond donors (Lipinski definition) is 2. The van der Waals surface area contributed by atoms with Crippen LogP contribution >= 0.6 is 11.6 Å². The Labute approximate surface area is 153 Å². The fraction of sp³-hybridized carbons (Fsp3) is 0.278. The molecule has 6 nitrogen and oxygen atoms in total. The van der Waals surface area contributed by atoms with Gasteiger partial charge in [0.25, 0.3) is 11.9 Å². The Kier molecular flexibility index (Phi) is 2.96. The van der Waals surface area contributed by atoms with E-state index in [0.717, 1.165) is 6.42 Å². The largest absolute Gasteiger partial charge is 0.465 e. The molecule has 1 aromatic heterocycles. The molecule has 132 valence electrons. The third-order valence-corrected chi connectivity index (χ3v) is 5.84. The van der Waals surface area contributed by atoms with Gasteiger partial charge in [-0.3, -0.25) is 4.79 Å². The van der Waals surface area contributed by atoms with Gasteiger partial charge in [-0.2, -0.15) is 0 Å². The van der Waals surface area contributed by atoms with Crippen molar-refractivity contribution in [2.24, 2.45) is 22.1 Å². The molecule has 0 bridgehead atoms. The van der Waals surface area contributed by atoms with E-state index in [1.165, 1.54) is 24.4 Å². The van der Waals surface area contributed by atoms with Crippen LogP contribution in [0.2, 0.25) is 5.02 Å². The maximum Gasteiger partial charge on any atom is 0.282 e. The standard InChI is InChI=1S/C18H14ClFN4O2/c19-9-1-4-13(22-7-9)15(25)23-10-2-3-12(20)11(5-10)18-14-6-17(14,18)8-26-16(21)24-18/h1-5,7,14H,6,8H2,(H2,21,24)(H,23,25)/t14?,17?,18-/m0/s1. The molecule has 1 aliphatic heterocycles. The molecule has 3 atom stereocenters. The van der Waals surface area contributed by atoms with Gasteiger partial charge in [0.2, 0.25) is 0 Å². The number of fused-ring (bicyclic) bond motifs is 1. The Hall–Kier alpha value is -2.67. The van der Waals surface area contributed by atoms with Crippen molar-refractivity contribution < 1.29 is 13.9 Å². The minimum absolute atomic E-state index is 0.0852. The van der Waals surface area contributed by atoms with Gasteiger partial charge in [-0.05, 0) is 36.8 Å². The molecule has 2 fully saturated rings. The summed E-state index contributed by atoms with van der Waals surface area (Å²) in [5.74, 6) is -0.519. The number of anilines is 1. The molecule has 0 radical (unpaired) electrons. The molecule has 2 aliphatic carbocycles. The maximum atomic E-state index is 14.6. The van der Waals surface area contributed by atoms with E-state index in [-0.39, 0.29) is 28.9 Å². The molecular weight excluding hydrogens is 359 g/mol. The molecule has 1 aromatic carbocycles. The second-order valence-corrected chi connectivity index (χ2v) is 7.36. The Balaban J connectivity index is 1.46. The van der Waals surface area contributed by atoms with Crippen molar-refractivity contribution in [3.8, 4) is 0 Å². The molecule has 3 aliphatic rings. The van der Waals surface area contributed by atoms with Crippen LogP contribution in [0.15, 0.2) is 41.5 Å². The number of amidine groups is 1. The molecule has 1 spiro atoms. The fourth-order valence-electron chi connectivity index (χ4n) is 4.13. The first kappa shape index (κ1) is 15.6. The summed E-state index contributed by atoms with van der Waals surface area (Å²) in [6.07, 6.45) is 2.35. The Bertz CT molecular complexity index is 980. The number of ether oxygens (including phenoxy) is 1. The molecule has 3 N–H and O–H groups in total. The first-order chi connectivity index (χ1) is 12.5. The molecule has 2 saturated carbocycles. The number of carbonyl (C=O) groups excluding carboxylic acids is 1. The van der Waals surface area contributed by atoms with Gasteiger partial charge in [-0.15, -0.1) is 0 Å². The molecule has 2 unspecified atom stereocenters. The third kappa shape index (κ3) is 1.94. The van der Waals surface area contributed by atoms with Crippen molar-refractivity contribution >= 4 is 29.2 Å². The van der Waals surface area contributed by atoms with Gasteiger partial charge in [0, 0.05) is 28.8 Å². The molecular formula is C18H14ClFN4O2. The topological polar surface area (TPSA) is 89.6 Å². The first-order valence-corrected chi connectivity index (χ1v) is 8.55. The lowest BCUT2D eigenvalue weighted by Gasteiger charge is -2.29. The predicted molar refractivity (Wildman–Crippen MR) is 93.4 cm³/mol. The maximum absolute atomic E-state index is 14.6. The van der Waals surface area contributed by atoms with E-state index in [1.54, 1.807) is 12.1 Å². The van der Waals surface area contributed by atoms with Crippen molar-refractivity contribution in [3.05, 3.63) is 58.6 Å². The molecule has 0 saturated heterocycles. The Morgan fingerprint density at radius 2 is 2.23 bits per heavy atom. The summed E-state index contributed by atoms with van der Waals surface area (Å²) < 4.78 is 19.9. The van der Waals surface area contributed by atoms with Crippen molar-refractivity contribution in [2.45, 2.75) is 12.0 Å². The van der Waals surface area contributed by atoms with Crippen LogP contribution in [0, 0.1) is 17.2 Å². The Morgan fingerprint density at radius 3 is 2.96 bits per heavy atom. The summed E-state index contributed by atoms with van der Waals surface area (Å²) in [5.41, 5.74) is 6.07. The van der Waals surface area contributed by atoms with Crippen LogP contribution in [0.5, 0.6) is 0 Å². The molecule has 2 aromatic rings. The average molecular weight is 373 g/mol. The van der Waals surface area contributed by atoms with E-state index in [2.05, 4.69) is 15.3 Å². The SMILES string of the molecule is NC1=N[C@@]2(c3cc(NC(=O)c4ccc(Cl)cn4)ccc3F)C3CC32CO1. The average Bonchev–Trinajstić information content (AvgIpc) is 3.48. The highest BCUT2D eigenvalue weighted by Gasteiger charge is 2.92. The number of nitrogens with one attached hydrogen (secondary N) is 1. The van der Waals surface area contributed by atoms with Crippen LogP contribution in [0.1, 0.15) is 22.5 Å². The number of benzene rings is 1. The number of nitrogens with zero attached hydrogens (tertiary/aromatic N) is 2. The van der Waals surface area contributed by atoms with Crippen LogP contribution in [0.25, 0.3) is 0 Å². The minimum atomic E-state index is -0.654. The summed E-state index contributed by atoms with van der Waals surface area (Å²) in [6.45, 7) is 0.456. The van der Waals surface area contributed by atoms with Crippen LogP contribution < -0.4 is 11.1 Å². The lowest BCUT2D eigenvalue weighted by Crippen LogP contribution is -2.35. The first-order valence-electron chi connectivity index (χ1n) is 8.17. The number of aromatic nitrogens is 1. The van der Waals surface area contributed by atoms with Gasteiger partial charge in [-0.25, -0.2) is 14.4 Å². The highest BCUT2D eigenvalue weighted by Crippen LogP contribution is 2.89. The minimum Gasteiger partial charge on any atom is -0.465 e. The number of nitrogens with two attached hydrogens (primary N) is 1. The number of rotatable bonds is 3. The number of hydrogen-bond acceptors (Lipinski definition) is 5. The molecule has 1 amide bonds. The van der Waals surface area contributed by atoms with E-state index in [4.69, 9.17) is 22.1 Å². The molecule has 8 heteroatoms. The second kappa shape index (κ2) is 4.94. The van der Waals surface area contributed by atoms with Crippen LogP contribution in [-0.2, 0) is 10.3 Å². The fourth-order valence-corrected chi connectivity index (χ4v) is 4.24. The summed E-state index contributed by atoms with van der Waals surface area (Å²) in [7, 11) is 0. The van der Waals surface area contributed by atoms with E-state index in [1.807, 2.05) is 0 Å². The lowest BCUT2D eigenvalue weighted by atomic mass is 9.88. The zero-order valence-electron chi connectivity index (χ0n) is 13.5. The molecule has 26 heavy (non-hydrogen) atoms. The monoisotopic (exact) mass is 372 g/mol. The van der Waals surface area contributed by atoms with Gasteiger partial charge < -0.3 is 15.8 Å². The number of pyridine rings is 1. The quantitative estimate of drug-likeness (QED) is 0.866. The molecule has 2 heterocycles. The third-order valence-electron chi connectivity index (χ3n) is 5.61. The smallest absolute Gasteiger partial charge is 0.282 e. The predicted octanol–water partition coefficient (Wildman–Crippen LogP) is 2.69. The van der Waals surface area contributed by atoms with E-state index in [9.17, 15) is 9.18 Å². The lowest BCUT2D eigenvalue weighted by molar-refractivity contribution is 0.102. The van der Waals surface area contributed by atoms with Gasteiger partial charge in [0.1, 0.15) is 23.7 Å². The highest BCUT2D eigenvalue weighted by atomic mass is 35.5. The van der Waals surface area contributed by atoms with Gasteiger partial charge in [0.15, 0.2) is 0 Å².